The SMILES string of the molecule is COC1CNC(c2csc(C)n2)C1. The number of nitrogens with zero attached hydrogens (tertiary/aromatic N) is 1. The van der Waals surface area contributed by atoms with E-state index in [1.807, 2.05) is 6.92 Å². The van der Waals surface area contributed by atoms with Crippen molar-refractivity contribution in [1.82, 2.24) is 10.3 Å². The Balaban J connectivity index is 2.03. The van der Waals surface area contributed by atoms with Gasteiger partial charge in [-0.25, -0.2) is 4.98 Å². The molecule has 0 bridgehead atoms. The van der Waals surface area contributed by atoms with Crippen LogP contribution in [0.2, 0.25) is 0 Å². The van der Waals surface area contributed by atoms with Crippen molar-refractivity contribution in [3.05, 3.63) is 16.1 Å². The molecule has 2 unspecified atom stereocenters. The average molecular weight is 198 g/mol. The smallest absolute Gasteiger partial charge is 0.0898 e. The van der Waals surface area contributed by atoms with Gasteiger partial charge in [-0.2, -0.15) is 0 Å². The normalized spacial score (nSPS) is 28.2. The Morgan fingerprint density at radius 1 is 1.69 bits per heavy atom. The van der Waals surface area contributed by atoms with Gasteiger partial charge in [-0.05, 0) is 13.3 Å². The molecule has 0 aromatic carbocycles. The van der Waals surface area contributed by atoms with Crippen molar-refractivity contribution in [2.24, 2.45) is 0 Å². The molecule has 0 amide bonds. The molecule has 72 valence electrons. The Bertz CT molecular complexity index is 287. The van der Waals surface area contributed by atoms with Gasteiger partial charge in [0.1, 0.15) is 0 Å². The molecule has 0 radical (unpaired) electrons. The molecule has 2 atom stereocenters. The molecule has 1 N–H and O–H groups in total. The summed E-state index contributed by atoms with van der Waals surface area (Å²) in [4.78, 5) is 4.46. The van der Waals surface area contributed by atoms with Gasteiger partial charge in [-0.3, -0.25) is 0 Å². The molecule has 1 aliphatic rings. The van der Waals surface area contributed by atoms with Gasteiger partial charge in [-0.1, -0.05) is 0 Å². The average Bonchev–Trinajstić information content (AvgIpc) is 2.71. The van der Waals surface area contributed by atoms with Crippen LogP contribution in [0.5, 0.6) is 0 Å². The van der Waals surface area contributed by atoms with E-state index in [1.54, 1.807) is 18.4 Å². The van der Waals surface area contributed by atoms with Crippen LogP contribution < -0.4 is 5.32 Å². The minimum atomic E-state index is 0.354. The second kappa shape index (κ2) is 3.74. The van der Waals surface area contributed by atoms with E-state index < -0.39 is 0 Å². The third-order valence-corrected chi connectivity index (χ3v) is 3.21. The quantitative estimate of drug-likeness (QED) is 0.782. The van der Waals surface area contributed by atoms with Gasteiger partial charge in [0, 0.05) is 19.0 Å². The Labute approximate surface area is 82.1 Å². The molecule has 0 saturated carbocycles. The zero-order chi connectivity index (χ0) is 9.26. The fraction of sp³-hybridized carbons (Fsp3) is 0.667. The molecule has 0 aliphatic carbocycles. The maximum Gasteiger partial charge on any atom is 0.0898 e. The van der Waals surface area contributed by atoms with Gasteiger partial charge in [0.2, 0.25) is 0 Å². The van der Waals surface area contributed by atoms with Crippen LogP contribution in [0.25, 0.3) is 0 Å². The third kappa shape index (κ3) is 1.90. The lowest BCUT2D eigenvalue weighted by Gasteiger charge is -2.06. The molecule has 1 aliphatic heterocycles. The monoisotopic (exact) mass is 198 g/mol. The van der Waals surface area contributed by atoms with E-state index >= 15 is 0 Å². The number of methoxy groups -OCH3 is 1. The van der Waals surface area contributed by atoms with Gasteiger partial charge in [0.15, 0.2) is 0 Å². The fourth-order valence-electron chi connectivity index (χ4n) is 1.65. The van der Waals surface area contributed by atoms with Crippen LogP contribution in [0.3, 0.4) is 0 Å². The van der Waals surface area contributed by atoms with Crippen molar-refractivity contribution in [1.29, 1.82) is 0 Å². The Hall–Kier alpha value is -0.450. The topological polar surface area (TPSA) is 34.1 Å². The molecule has 2 rings (SSSR count). The van der Waals surface area contributed by atoms with Gasteiger partial charge >= 0.3 is 0 Å². The summed E-state index contributed by atoms with van der Waals surface area (Å²) in [6.07, 6.45) is 1.40. The van der Waals surface area contributed by atoms with Crippen molar-refractivity contribution < 1.29 is 4.74 Å². The first-order valence-corrected chi connectivity index (χ1v) is 5.35. The van der Waals surface area contributed by atoms with Gasteiger partial charge in [-0.15, -0.1) is 11.3 Å². The summed E-state index contributed by atoms with van der Waals surface area (Å²) < 4.78 is 5.28. The zero-order valence-corrected chi connectivity index (χ0v) is 8.73. The molecule has 3 nitrogen and oxygen atoms in total. The first kappa shape index (κ1) is 9.12. The van der Waals surface area contributed by atoms with Crippen LogP contribution >= 0.6 is 11.3 Å². The molecule has 13 heavy (non-hydrogen) atoms. The van der Waals surface area contributed by atoms with Gasteiger partial charge in [0.05, 0.1) is 22.8 Å². The summed E-state index contributed by atoms with van der Waals surface area (Å²) in [6.45, 7) is 2.98. The number of hydrogen-bond donors (Lipinski definition) is 1. The highest BCUT2D eigenvalue weighted by molar-refractivity contribution is 7.09. The summed E-state index contributed by atoms with van der Waals surface area (Å²) in [5, 5.41) is 6.67. The van der Waals surface area contributed by atoms with Gasteiger partial charge < -0.3 is 10.1 Å². The van der Waals surface area contributed by atoms with Crippen LogP contribution in [0, 0.1) is 6.92 Å². The van der Waals surface area contributed by atoms with Gasteiger partial charge in [0.25, 0.3) is 0 Å². The second-order valence-corrected chi connectivity index (χ2v) is 4.41. The summed E-state index contributed by atoms with van der Waals surface area (Å²) >= 11 is 1.71. The molecule has 1 fully saturated rings. The Morgan fingerprint density at radius 2 is 2.54 bits per heavy atom. The molecular formula is C9H14N2OS. The number of thiazole rings is 1. The molecule has 1 aromatic rings. The van der Waals surface area contributed by atoms with Crippen molar-refractivity contribution in [3.63, 3.8) is 0 Å². The predicted octanol–water partition coefficient (Wildman–Crippen LogP) is 1.50. The highest BCUT2D eigenvalue weighted by Crippen LogP contribution is 2.25. The maximum absolute atomic E-state index is 5.28. The summed E-state index contributed by atoms with van der Waals surface area (Å²) in [5.41, 5.74) is 1.17. The summed E-state index contributed by atoms with van der Waals surface area (Å²) in [5.74, 6) is 0. The minimum Gasteiger partial charge on any atom is -0.380 e. The molecular weight excluding hydrogens is 184 g/mol. The third-order valence-electron chi connectivity index (χ3n) is 2.42. The minimum absolute atomic E-state index is 0.354. The first-order chi connectivity index (χ1) is 6.29. The molecule has 2 heterocycles. The van der Waals surface area contributed by atoms with E-state index in [0.717, 1.165) is 18.0 Å². The summed E-state index contributed by atoms with van der Waals surface area (Å²) in [7, 11) is 1.76. The largest absolute Gasteiger partial charge is 0.380 e. The molecule has 0 spiro atoms. The first-order valence-electron chi connectivity index (χ1n) is 4.48. The number of aryl methyl sites for hydroxylation is 1. The summed E-state index contributed by atoms with van der Waals surface area (Å²) in [6, 6.07) is 0.398. The Kier molecular flexibility index (Phi) is 2.62. The van der Waals surface area contributed by atoms with E-state index in [-0.39, 0.29) is 0 Å². The highest BCUT2D eigenvalue weighted by Gasteiger charge is 2.26. The van der Waals surface area contributed by atoms with Crippen molar-refractivity contribution >= 4 is 11.3 Å². The number of aromatic nitrogens is 1. The zero-order valence-electron chi connectivity index (χ0n) is 7.91. The highest BCUT2D eigenvalue weighted by atomic mass is 32.1. The number of rotatable bonds is 2. The molecule has 4 heteroatoms. The lowest BCUT2D eigenvalue weighted by molar-refractivity contribution is 0.117. The maximum atomic E-state index is 5.28. The van der Waals surface area contributed by atoms with E-state index in [1.165, 1.54) is 5.69 Å². The number of hydrogen-bond acceptors (Lipinski definition) is 4. The van der Waals surface area contributed by atoms with Crippen molar-refractivity contribution in [3.8, 4) is 0 Å². The number of ether oxygens (including phenoxy) is 1. The fourth-order valence-corrected chi connectivity index (χ4v) is 2.31. The van der Waals surface area contributed by atoms with E-state index in [9.17, 15) is 0 Å². The van der Waals surface area contributed by atoms with Crippen LogP contribution in [-0.4, -0.2) is 24.7 Å². The van der Waals surface area contributed by atoms with Crippen LogP contribution in [-0.2, 0) is 4.74 Å². The van der Waals surface area contributed by atoms with Crippen molar-refractivity contribution in [2.75, 3.05) is 13.7 Å². The predicted molar refractivity (Wildman–Crippen MR) is 53.0 cm³/mol. The standard InChI is InChI=1S/C9H14N2OS/c1-6-11-9(5-13-6)8-3-7(12-2)4-10-8/h5,7-8,10H,3-4H2,1-2H3. The van der Waals surface area contributed by atoms with E-state index in [2.05, 4.69) is 15.7 Å². The van der Waals surface area contributed by atoms with Crippen LogP contribution in [0.4, 0.5) is 0 Å². The number of nitrogens with one attached hydrogen (secondary N) is 1. The van der Waals surface area contributed by atoms with Crippen molar-refractivity contribution in [2.45, 2.75) is 25.5 Å². The van der Waals surface area contributed by atoms with Crippen LogP contribution in [0.15, 0.2) is 5.38 Å². The van der Waals surface area contributed by atoms with Crippen LogP contribution in [0.1, 0.15) is 23.2 Å². The Morgan fingerprint density at radius 3 is 3.08 bits per heavy atom. The lowest BCUT2D eigenvalue weighted by atomic mass is 10.1. The molecule has 1 aromatic heterocycles. The van der Waals surface area contributed by atoms with E-state index in [0.29, 0.717) is 12.1 Å². The lowest BCUT2D eigenvalue weighted by Crippen LogP contribution is -2.16. The molecule has 1 saturated heterocycles. The van der Waals surface area contributed by atoms with E-state index in [4.69, 9.17) is 4.74 Å². The second-order valence-electron chi connectivity index (χ2n) is 3.35.